The Morgan fingerprint density at radius 1 is 1.04 bits per heavy atom. The van der Waals surface area contributed by atoms with E-state index in [4.69, 9.17) is 4.74 Å². The fraction of sp³-hybridized carbons (Fsp3) is 0.500. The topological polar surface area (TPSA) is 88.9 Å². The highest BCUT2D eigenvalue weighted by molar-refractivity contribution is 5.85. The molecule has 0 heterocycles. The van der Waals surface area contributed by atoms with E-state index < -0.39 is 12.0 Å². The van der Waals surface area contributed by atoms with Crippen LogP contribution >= 0.6 is 0 Å². The van der Waals surface area contributed by atoms with Gasteiger partial charge < -0.3 is 20.3 Å². The zero-order valence-corrected chi connectivity index (χ0v) is 15.3. The highest BCUT2D eigenvalue weighted by Crippen LogP contribution is 2.04. The van der Waals surface area contributed by atoms with Gasteiger partial charge in [-0.2, -0.15) is 0 Å². The van der Waals surface area contributed by atoms with Crippen LogP contribution in [-0.2, 0) is 25.5 Å². The number of likely N-dealkylation sites (N-methyl/N-ethyl adjacent to an activating group) is 1. The van der Waals surface area contributed by atoms with Gasteiger partial charge in [-0.15, -0.1) is 0 Å². The van der Waals surface area contributed by atoms with Gasteiger partial charge in [0.05, 0.1) is 14.2 Å². The average Bonchev–Trinajstić information content (AvgIpc) is 2.53. The lowest BCUT2D eigenvalue weighted by Gasteiger charge is -2.19. The first-order valence-electron chi connectivity index (χ1n) is 8.33. The van der Waals surface area contributed by atoms with Gasteiger partial charge in [-0.1, -0.05) is 30.3 Å². The molecule has 7 heteroatoms. The number of benzene rings is 1. The first-order chi connectivity index (χ1) is 11.8. The molecule has 1 unspecified atom stereocenters. The summed E-state index contributed by atoms with van der Waals surface area (Å²) in [6.07, 6.45) is 0.353. The normalized spacial score (nSPS) is 13.0. The Kier molecular flexibility index (Phi) is 8.63. The number of amides is 2. The van der Waals surface area contributed by atoms with Gasteiger partial charge in [0.1, 0.15) is 6.04 Å². The number of nitrogens with one attached hydrogen (secondary N) is 3. The number of hydrogen-bond donors (Lipinski definition) is 3. The third kappa shape index (κ3) is 8.30. The maximum absolute atomic E-state index is 12.2. The molecule has 3 N–H and O–H groups in total. The number of hydrogen-bond acceptors (Lipinski definition) is 4. The summed E-state index contributed by atoms with van der Waals surface area (Å²) >= 11 is 0. The third-order valence-electron chi connectivity index (χ3n) is 3.48. The van der Waals surface area contributed by atoms with Crippen molar-refractivity contribution in [3.63, 3.8) is 0 Å². The van der Waals surface area contributed by atoms with Crippen molar-refractivity contribution in [2.24, 2.45) is 0 Å². The summed E-state index contributed by atoms with van der Waals surface area (Å²) in [5, 5.41) is 5.48. The van der Waals surface area contributed by atoms with E-state index in [-0.39, 0.29) is 30.9 Å². The summed E-state index contributed by atoms with van der Waals surface area (Å²) in [7, 11) is 3.05. The van der Waals surface area contributed by atoms with Crippen LogP contribution in [0, 0.1) is 0 Å². The van der Waals surface area contributed by atoms with Gasteiger partial charge in [0, 0.05) is 12.5 Å². The molecule has 0 fully saturated rings. The van der Waals surface area contributed by atoms with E-state index in [1.54, 1.807) is 7.05 Å². The van der Waals surface area contributed by atoms with Crippen LogP contribution in [0.3, 0.4) is 0 Å². The van der Waals surface area contributed by atoms with Crippen molar-refractivity contribution >= 4 is 17.8 Å². The summed E-state index contributed by atoms with van der Waals surface area (Å²) < 4.78 is 4.77. The van der Waals surface area contributed by atoms with Gasteiger partial charge in [-0.3, -0.25) is 9.59 Å². The molecular weight excluding hydrogens is 322 g/mol. The van der Waals surface area contributed by atoms with Gasteiger partial charge in [0.2, 0.25) is 0 Å². The van der Waals surface area contributed by atoms with Crippen LogP contribution in [-0.4, -0.2) is 57.1 Å². The summed E-state index contributed by atoms with van der Waals surface area (Å²) in [5.74, 6) is -0.914. The van der Waals surface area contributed by atoms with Crippen LogP contribution in [0.2, 0.25) is 0 Å². The number of carbonyl (C=O) groups excluding carboxylic acids is 3. The zero-order valence-electron chi connectivity index (χ0n) is 15.3. The van der Waals surface area contributed by atoms with Crippen LogP contribution in [0.25, 0.3) is 0 Å². The van der Waals surface area contributed by atoms with Crippen molar-refractivity contribution in [1.82, 2.24) is 10.6 Å². The van der Waals surface area contributed by atoms with E-state index in [1.807, 2.05) is 44.2 Å². The van der Waals surface area contributed by atoms with Crippen LogP contribution in [0.15, 0.2) is 30.3 Å². The van der Waals surface area contributed by atoms with E-state index in [9.17, 15) is 14.4 Å². The number of methoxy groups -OCH3 is 1. The van der Waals surface area contributed by atoms with Crippen LogP contribution in [0.5, 0.6) is 0 Å². The Labute approximate surface area is 148 Å². The predicted molar refractivity (Wildman–Crippen MR) is 94.0 cm³/mol. The molecule has 0 spiro atoms. The minimum Gasteiger partial charge on any atom is -0.467 e. The molecule has 0 aliphatic carbocycles. The van der Waals surface area contributed by atoms with Gasteiger partial charge >= 0.3 is 5.97 Å². The Bertz CT molecular complexity index is 575. The van der Waals surface area contributed by atoms with E-state index in [0.717, 1.165) is 10.5 Å². The average molecular weight is 350 g/mol. The standard InChI is InChI=1S/C18H27N3O4/c1-13(2)19-16(22)11-21(3)12-17(23)20-15(18(24)25-4)10-14-8-6-5-7-9-14/h5-9,13,15H,10-12H2,1-4H3,(H,19,22)(H,20,23)/p+1/t15-/m0/s1. The highest BCUT2D eigenvalue weighted by atomic mass is 16.5. The summed E-state index contributed by atoms with van der Waals surface area (Å²) in [6, 6.07) is 8.70. The number of esters is 1. The Morgan fingerprint density at radius 3 is 2.12 bits per heavy atom. The van der Waals surface area contributed by atoms with Gasteiger partial charge in [-0.25, -0.2) is 4.79 Å². The maximum atomic E-state index is 12.2. The van der Waals surface area contributed by atoms with Crippen molar-refractivity contribution in [2.45, 2.75) is 32.4 Å². The summed E-state index contributed by atoms with van der Waals surface area (Å²) in [6.45, 7) is 4.04. The monoisotopic (exact) mass is 350 g/mol. The lowest BCUT2D eigenvalue weighted by atomic mass is 10.1. The molecule has 0 saturated carbocycles. The van der Waals surface area contributed by atoms with Crippen molar-refractivity contribution in [3.05, 3.63) is 35.9 Å². The van der Waals surface area contributed by atoms with Gasteiger partial charge in [0.25, 0.3) is 11.8 Å². The fourth-order valence-electron chi connectivity index (χ4n) is 2.41. The molecule has 0 bridgehead atoms. The molecular formula is C18H28N3O4+. The quantitative estimate of drug-likeness (QED) is 0.495. The van der Waals surface area contributed by atoms with Crippen LogP contribution < -0.4 is 15.5 Å². The SMILES string of the molecule is COC(=O)[C@H](Cc1ccccc1)NC(=O)C[NH+](C)CC(=O)NC(C)C. The lowest BCUT2D eigenvalue weighted by molar-refractivity contribution is -0.862. The largest absolute Gasteiger partial charge is 0.467 e. The smallest absolute Gasteiger partial charge is 0.328 e. The minimum atomic E-state index is -0.753. The van der Waals surface area contributed by atoms with Crippen molar-refractivity contribution in [3.8, 4) is 0 Å². The molecule has 7 nitrogen and oxygen atoms in total. The van der Waals surface area contributed by atoms with Crippen molar-refractivity contribution in [2.75, 3.05) is 27.2 Å². The molecule has 0 radical (unpaired) electrons. The molecule has 1 aromatic rings. The second-order valence-corrected chi connectivity index (χ2v) is 6.37. The fourth-order valence-corrected chi connectivity index (χ4v) is 2.41. The molecule has 138 valence electrons. The first kappa shape index (κ1) is 20.6. The number of quaternary nitrogens is 1. The second kappa shape index (κ2) is 10.5. The molecule has 0 aliphatic heterocycles. The molecule has 2 amide bonds. The molecule has 2 atom stereocenters. The predicted octanol–water partition coefficient (Wildman–Crippen LogP) is -1.07. The Morgan fingerprint density at radius 2 is 1.60 bits per heavy atom. The summed E-state index contributed by atoms with van der Waals surface area (Å²) in [4.78, 5) is 36.6. The van der Waals surface area contributed by atoms with Crippen molar-refractivity contribution in [1.29, 1.82) is 0 Å². The molecule has 0 aromatic heterocycles. The van der Waals surface area contributed by atoms with E-state index in [0.29, 0.717) is 6.42 Å². The molecule has 25 heavy (non-hydrogen) atoms. The lowest BCUT2D eigenvalue weighted by Crippen LogP contribution is -3.11. The Balaban J connectivity index is 2.57. The van der Waals surface area contributed by atoms with E-state index in [2.05, 4.69) is 10.6 Å². The van der Waals surface area contributed by atoms with Gasteiger partial charge in [-0.05, 0) is 19.4 Å². The minimum absolute atomic E-state index is 0.0590. The first-order valence-corrected chi connectivity index (χ1v) is 8.33. The molecule has 1 aromatic carbocycles. The Hall–Kier alpha value is -2.41. The van der Waals surface area contributed by atoms with Gasteiger partial charge in [0.15, 0.2) is 13.1 Å². The maximum Gasteiger partial charge on any atom is 0.328 e. The van der Waals surface area contributed by atoms with Crippen molar-refractivity contribution < 1.29 is 24.0 Å². The highest BCUT2D eigenvalue weighted by Gasteiger charge is 2.24. The van der Waals surface area contributed by atoms with Crippen LogP contribution in [0.4, 0.5) is 0 Å². The summed E-state index contributed by atoms with van der Waals surface area (Å²) in [5.41, 5.74) is 0.926. The number of carbonyl (C=O) groups is 3. The number of rotatable bonds is 9. The zero-order chi connectivity index (χ0) is 18.8. The molecule has 0 aliphatic rings. The number of ether oxygens (including phenoxy) is 1. The molecule has 1 rings (SSSR count). The van der Waals surface area contributed by atoms with E-state index >= 15 is 0 Å². The third-order valence-corrected chi connectivity index (χ3v) is 3.48. The van der Waals surface area contributed by atoms with E-state index in [1.165, 1.54) is 7.11 Å². The van der Waals surface area contributed by atoms with Crippen LogP contribution in [0.1, 0.15) is 19.4 Å². The molecule has 0 saturated heterocycles. The second-order valence-electron chi connectivity index (χ2n) is 6.37.